The van der Waals surface area contributed by atoms with Crippen molar-refractivity contribution in [2.75, 3.05) is 84.2 Å². The summed E-state index contributed by atoms with van der Waals surface area (Å²) in [7, 11) is 1.75. The number of β-amino-alcohol motifs (C(OH)–C–C–N with tert-alkyl or cyclic N) is 1. The fourth-order valence-electron chi connectivity index (χ4n) is 3.99. The number of piperazine rings is 1. The summed E-state index contributed by atoms with van der Waals surface area (Å²) in [5, 5.41) is 9.02. The summed E-state index contributed by atoms with van der Waals surface area (Å²) in [4.78, 5) is 9.87. The van der Waals surface area contributed by atoms with E-state index in [-0.39, 0.29) is 6.61 Å². The van der Waals surface area contributed by atoms with Crippen molar-refractivity contribution >= 4 is 5.69 Å². The maximum atomic E-state index is 9.02. The third-order valence-electron chi connectivity index (χ3n) is 5.55. The number of anilines is 1. The fourth-order valence-corrected chi connectivity index (χ4v) is 3.99. The van der Waals surface area contributed by atoms with Gasteiger partial charge in [-0.2, -0.15) is 0 Å². The molecule has 1 aromatic carbocycles. The Morgan fingerprint density at radius 2 is 1.46 bits per heavy atom. The second-order valence-electron chi connectivity index (χ2n) is 7.31. The van der Waals surface area contributed by atoms with Gasteiger partial charge in [0.15, 0.2) is 0 Å². The number of hydrogen-bond acceptors (Lipinski definition) is 6. The van der Waals surface area contributed by atoms with Crippen molar-refractivity contribution in [3.05, 3.63) is 24.3 Å². The van der Waals surface area contributed by atoms with Crippen LogP contribution in [0.1, 0.15) is 12.8 Å². The Hall–Kier alpha value is -1.34. The lowest BCUT2D eigenvalue weighted by molar-refractivity contribution is 0.189. The maximum Gasteiger partial charge on any atom is 0.142 e. The Bertz CT molecular complexity index is 534. The first-order valence-corrected chi connectivity index (χ1v) is 9.96. The van der Waals surface area contributed by atoms with E-state index in [1.165, 1.54) is 31.6 Å². The first-order valence-electron chi connectivity index (χ1n) is 9.96. The van der Waals surface area contributed by atoms with Crippen molar-refractivity contribution in [1.29, 1.82) is 0 Å². The van der Waals surface area contributed by atoms with Crippen molar-refractivity contribution in [3.63, 3.8) is 0 Å². The molecule has 2 fully saturated rings. The zero-order chi connectivity index (χ0) is 18.2. The van der Waals surface area contributed by atoms with Gasteiger partial charge in [0.1, 0.15) is 5.75 Å². The van der Waals surface area contributed by atoms with Crippen LogP contribution in [0, 0.1) is 0 Å². The van der Waals surface area contributed by atoms with Crippen LogP contribution in [0.4, 0.5) is 5.69 Å². The largest absolute Gasteiger partial charge is 0.495 e. The molecule has 0 bridgehead atoms. The minimum Gasteiger partial charge on any atom is -0.495 e. The first-order chi connectivity index (χ1) is 12.8. The van der Waals surface area contributed by atoms with Gasteiger partial charge in [-0.25, -0.2) is 0 Å². The van der Waals surface area contributed by atoms with E-state index in [1.54, 1.807) is 7.11 Å². The number of nitrogens with zero attached hydrogens (tertiary/aromatic N) is 4. The SMILES string of the molecule is COc1ccccc1N1CCN(CCCCN2CCN(CCO)C2)CC1. The molecule has 2 aliphatic heterocycles. The topological polar surface area (TPSA) is 42.4 Å². The number of rotatable bonds is 9. The zero-order valence-corrected chi connectivity index (χ0v) is 16.1. The van der Waals surface area contributed by atoms with E-state index in [1.807, 2.05) is 12.1 Å². The molecule has 26 heavy (non-hydrogen) atoms. The van der Waals surface area contributed by atoms with Crippen molar-refractivity contribution in [2.24, 2.45) is 0 Å². The van der Waals surface area contributed by atoms with Gasteiger partial charge in [-0.1, -0.05) is 12.1 Å². The summed E-state index contributed by atoms with van der Waals surface area (Å²) in [5.74, 6) is 0.974. The number of para-hydroxylation sites is 2. The molecule has 0 atom stereocenters. The lowest BCUT2D eigenvalue weighted by atomic mass is 10.2. The highest BCUT2D eigenvalue weighted by molar-refractivity contribution is 5.58. The van der Waals surface area contributed by atoms with Crippen LogP contribution in [-0.2, 0) is 0 Å². The van der Waals surface area contributed by atoms with Crippen LogP contribution >= 0.6 is 0 Å². The first kappa shape index (κ1) is 19.4. The normalized spacial score (nSPS) is 20.0. The predicted octanol–water partition coefficient (Wildman–Crippen LogP) is 1.16. The lowest BCUT2D eigenvalue weighted by Gasteiger charge is -2.36. The van der Waals surface area contributed by atoms with Crippen LogP contribution in [0.15, 0.2) is 24.3 Å². The minimum absolute atomic E-state index is 0.272. The maximum absolute atomic E-state index is 9.02. The van der Waals surface area contributed by atoms with E-state index >= 15 is 0 Å². The van der Waals surface area contributed by atoms with Gasteiger partial charge in [0.25, 0.3) is 0 Å². The molecule has 0 unspecified atom stereocenters. The molecule has 1 N–H and O–H groups in total. The van der Waals surface area contributed by atoms with E-state index in [9.17, 15) is 0 Å². The summed E-state index contributed by atoms with van der Waals surface area (Å²) < 4.78 is 5.50. The Labute approximate surface area is 157 Å². The second kappa shape index (κ2) is 10.1. The number of aliphatic hydroxyl groups is 1. The van der Waals surface area contributed by atoms with Crippen molar-refractivity contribution < 1.29 is 9.84 Å². The van der Waals surface area contributed by atoms with Gasteiger partial charge >= 0.3 is 0 Å². The lowest BCUT2D eigenvalue weighted by Crippen LogP contribution is -2.46. The summed E-state index contributed by atoms with van der Waals surface area (Å²) in [5.41, 5.74) is 1.22. The van der Waals surface area contributed by atoms with Crippen LogP contribution in [0.5, 0.6) is 5.75 Å². The molecule has 0 amide bonds. The van der Waals surface area contributed by atoms with Gasteiger partial charge < -0.3 is 14.7 Å². The molecule has 0 radical (unpaired) electrons. The van der Waals surface area contributed by atoms with Gasteiger partial charge in [-0.05, 0) is 38.1 Å². The zero-order valence-electron chi connectivity index (χ0n) is 16.1. The molecule has 146 valence electrons. The molecule has 2 aliphatic rings. The van der Waals surface area contributed by atoms with Crippen molar-refractivity contribution in [1.82, 2.24) is 14.7 Å². The molecule has 0 aliphatic carbocycles. The molecule has 2 heterocycles. The quantitative estimate of drug-likeness (QED) is 0.665. The van der Waals surface area contributed by atoms with Gasteiger partial charge in [0.2, 0.25) is 0 Å². The third kappa shape index (κ3) is 5.33. The highest BCUT2D eigenvalue weighted by Gasteiger charge is 2.20. The number of aliphatic hydroxyl groups excluding tert-OH is 1. The van der Waals surface area contributed by atoms with Crippen LogP contribution in [-0.4, -0.2) is 99.1 Å². The van der Waals surface area contributed by atoms with Gasteiger partial charge in [-0.15, -0.1) is 0 Å². The molecule has 0 spiro atoms. The average molecular weight is 363 g/mol. The fraction of sp³-hybridized carbons (Fsp3) is 0.700. The molecule has 2 saturated heterocycles. The number of benzene rings is 1. The number of hydrogen-bond donors (Lipinski definition) is 1. The number of ether oxygens (including phenoxy) is 1. The number of unbranched alkanes of at least 4 members (excludes halogenated alkanes) is 1. The van der Waals surface area contributed by atoms with Crippen LogP contribution in [0.2, 0.25) is 0 Å². The van der Waals surface area contributed by atoms with E-state index in [4.69, 9.17) is 9.84 Å². The Morgan fingerprint density at radius 3 is 2.15 bits per heavy atom. The molecule has 1 aromatic rings. The summed E-state index contributed by atoms with van der Waals surface area (Å²) >= 11 is 0. The van der Waals surface area contributed by atoms with E-state index < -0.39 is 0 Å². The summed E-state index contributed by atoms with van der Waals surface area (Å²) in [6.45, 7) is 11.2. The average Bonchev–Trinajstić information content (AvgIpc) is 3.13. The number of methoxy groups -OCH3 is 1. The molecule has 6 heteroatoms. The molecule has 6 nitrogen and oxygen atoms in total. The Morgan fingerprint density at radius 1 is 0.846 bits per heavy atom. The standard InChI is InChI=1S/C20H34N4O2/c1-26-20-7-3-2-6-19(20)24-14-12-21(13-15-24)8-4-5-9-22-10-11-23(18-22)16-17-25/h2-3,6-7,25H,4-5,8-18H2,1H3. The third-order valence-corrected chi connectivity index (χ3v) is 5.55. The Balaban J connectivity index is 1.31. The van der Waals surface area contributed by atoms with Gasteiger partial charge in [0, 0.05) is 45.8 Å². The molecular weight excluding hydrogens is 328 g/mol. The Kier molecular flexibility index (Phi) is 7.55. The second-order valence-corrected chi connectivity index (χ2v) is 7.31. The molecule has 0 saturated carbocycles. The van der Waals surface area contributed by atoms with E-state index in [0.717, 1.165) is 58.2 Å². The highest BCUT2D eigenvalue weighted by Crippen LogP contribution is 2.28. The summed E-state index contributed by atoms with van der Waals surface area (Å²) in [6.07, 6.45) is 2.53. The minimum atomic E-state index is 0.272. The van der Waals surface area contributed by atoms with Crippen LogP contribution in [0.25, 0.3) is 0 Å². The predicted molar refractivity (Wildman–Crippen MR) is 106 cm³/mol. The molecular formula is C20H34N4O2. The monoisotopic (exact) mass is 362 g/mol. The summed E-state index contributed by atoms with van der Waals surface area (Å²) in [6, 6.07) is 8.32. The molecule has 3 rings (SSSR count). The van der Waals surface area contributed by atoms with Crippen LogP contribution < -0.4 is 9.64 Å². The van der Waals surface area contributed by atoms with E-state index in [2.05, 4.69) is 31.7 Å². The molecule has 0 aromatic heterocycles. The van der Waals surface area contributed by atoms with Gasteiger partial charge in [0.05, 0.1) is 26.1 Å². The van der Waals surface area contributed by atoms with Crippen molar-refractivity contribution in [3.8, 4) is 5.75 Å². The van der Waals surface area contributed by atoms with Gasteiger partial charge in [-0.3, -0.25) is 14.7 Å². The smallest absolute Gasteiger partial charge is 0.142 e. The van der Waals surface area contributed by atoms with E-state index in [0.29, 0.717) is 0 Å². The van der Waals surface area contributed by atoms with Crippen molar-refractivity contribution in [2.45, 2.75) is 12.8 Å². The highest BCUT2D eigenvalue weighted by atomic mass is 16.5. The van der Waals surface area contributed by atoms with Crippen LogP contribution in [0.3, 0.4) is 0 Å².